The second kappa shape index (κ2) is 6.31. The zero-order chi connectivity index (χ0) is 14.6. The van der Waals surface area contributed by atoms with Crippen LogP contribution in [0.15, 0.2) is 18.2 Å². The summed E-state index contributed by atoms with van der Waals surface area (Å²) in [5.74, 6) is -0.454. The molecule has 1 aromatic carbocycles. The molecule has 8 heteroatoms. The highest BCUT2D eigenvalue weighted by Crippen LogP contribution is 2.29. The quantitative estimate of drug-likeness (QED) is 0.638. The maximum atomic E-state index is 12.1. The van der Waals surface area contributed by atoms with Crippen molar-refractivity contribution in [3.8, 4) is 0 Å². The molecular weight excluding hydrogens is 292 g/mol. The summed E-state index contributed by atoms with van der Waals surface area (Å²) in [6.07, 6.45) is 0.306. The third-order valence-electron chi connectivity index (χ3n) is 2.82. The first-order valence-corrected chi connectivity index (χ1v) is 7.72. The number of hydrogen-bond acceptors (Lipinski definition) is 5. The molecule has 0 heterocycles. The lowest BCUT2D eigenvalue weighted by atomic mass is 10.2. The summed E-state index contributed by atoms with van der Waals surface area (Å²) in [5, 5.41) is 10.3. The molecule has 19 heavy (non-hydrogen) atoms. The van der Waals surface area contributed by atoms with E-state index in [9.17, 15) is 18.5 Å². The Balaban J connectivity index is 3.16. The van der Waals surface area contributed by atoms with Gasteiger partial charge >= 0.3 is 0 Å². The van der Waals surface area contributed by atoms with Gasteiger partial charge in [-0.3, -0.25) is 10.1 Å². The largest absolute Gasteiger partial charge is 0.330 e. The first kappa shape index (κ1) is 15.9. The molecule has 1 unspecified atom stereocenters. The molecular formula is C11H15ClN2O4S. The highest BCUT2D eigenvalue weighted by molar-refractivity contribution is 7.91. The van der Waals surface area contributed by atoms with Crippen molar-refractivity contribution in [1.29, 1.82) is 0 Å². The van der Waals surface area contributed by atoms with Crippen LogP contribution in [0.5, 0.6) is 0 Å². The highest BCUT2D eigenvalue weighted by Gasteiger charge is 2.26. The van der Waals surface area contributed by atoms with E-state index in [-0.39, 0.29) is 22.8 Å². The molecule has 6 nitrogen and oxygen atoms in total. The van der Waals surface area contributed by atoms with Crippen LogP contribution < -0.4 is 5.73 Å². The third kappa shape index (κ3) is 3.89. The zero-order valence-electron chi connectivity index (χ0n) is 10.4. The van der Waals surface area contributed by atoms with E-state index in [4.69, 9.17) is 17.3 Å². The van der Waals surface area contributed by atoms with E-state index in [0.717, 1.165) is 0 Å². The lowest BCUT2D eigenvalue weighted by Crippen LogP contribution is -2.23. The summed E-state index contributed by atoms with van der Waals surface area (Å²) in [4.78, 5) is 10.3. The fraction of sp³-hybridized carbons (Fsp3) is 0.455. The van der Waals surface area contributed by atoms with Crippen LogP contribution in [0.3, 0.4) is 0 Å². The molecule has 0 spiro atoms. The van der Waals surface area contributed by atoms with E-state index in [1.165, 1.54) is 25.1 Å². The van der Waals surface area contributed by atoms with Gasteiger partial charge in [-0.2, -0.15) is 0 Å². The SMILES string of the molecule is CC(CCN)S(=O)(=O)Cc1c(Cl)cccc1[N+](=O)[O-]. The summed E-state index contributed by atoms with van der Waals surface area (Å²) in [6, 6.07) is 4.09. The van der Waals surface area contributed by atoms with Crippen molar-refractivity contribution in [1.82, 2.24) is 0 Å². The number of benzene rings is 1. The van der Waals surface area contributed by atoms with Crippen molar-refractivity contribution in [2.75, 3.05) is 6.54 Å². The van der Waals surface area contributed by atoms with Gasteiger partial charge in [0.25, 0.3) is 5.69 Å². The molecule has 1 rings (SSSR count). The molecule has 106 valence electrons. The summed E-state index contributed by atoms with van der Waals surface area (Å²) in [6.45, 7) is 1.77. The van der Waals surface area contributed by atoms with E-state index in [1.807, 2.05) is 0 Å². The number of rotatable bonds is 6. The molecule has 0 aliphatic rings. The molecule has 1 atom stereocenters. The fourth-order valence-corrected chi connectivity index (χ4v) is 3.42. The second-order valence-corrected chi connectivity index (χ2v) is 7.02. The van der Waals surface area contributed by atoms with E-state index < -0.39 is 25.8 Å². The Morgan fingerprint density at radius 2 is 2.11 bits per heavy atom. The monoisotopic (exact) mass is 306 g/mol. The van der Waals surface area contributed by atoms with Crippen LogP contribution in [0.4, 0.5) is 5.69 Å². The molecule has 0 aromatic heterocycles. The minimum Gasteiger partial charge on any atom is -0.330 e. The third-order valence-corrected chi connectivity index (χ3v) is 5.33. The van der Waals surface area contributed by atoms with Crippen molar-refractivity contribution in [2.24, 2.45) is 5.73 Å². The molecule has 0 saturated heterocycles. The second-order valence-electron chi connectivity index (χ2n) is 4.19. The first-order valence-electron chi connectivity index (χ1n) is 5.63. The summed E-state index contributed by atoms with van der Waals surface area (Å²) < 4.78 is 24.2. The van der Waals surface area contributed by atoms with E-state index >= 15 is 0 Å². The summed E-state index contributed by atoms with van der Waals surface area (Å²) >= 11 is 5.87. The lowest BCUT2D eigenvalue weighted by molar-refractivity contribution is -0.385. The normalized spacial score (nSPS) is 13.2. The minimum atomic E-state index is -3.52. The Labute approximate surface area is 116 Å². The molecule has 0 saturated carbocycles. The van der Waals surface area contributed by atoms with Crippen LogP contribution in [0, 0.1) is 10.1 Å². The maximum Gasteiger partial charge on any atom is 0.275 e. The molecule has 0 bridgehead atoms. The molecule has 0 amide bonds. The predicted octanol–water partition coefficient (Wildman–Crippen LogP) is 1.90. The van der Waals surface area contributed by atoms with E-state index in [0.29, 0.717) is 6.42 Å². The minimum absolute atomic E-state index is 0.0260. The molecule has 2 N–H and O–H groups in total. The number of nitro groups is 1. The van der Waals surface area contributed by atoms with Crippen LogP contribution in [0.25, 0.3) is 0 Å². The fourth-order valence-electron chi connectivity index (χ4n) is 1.62. The molecule has 0 fully saturated rings. The zero-order valence-corrected chi connectivity index (χ0v) is 11.9. The Bertz CT molecular complexity index is 574. The van der Waals surface area contributed by atoms with Gasteiger partial charge in [0.1, 0.15) is 0 Å². The smallest absolute Gasteiger partial charge is 0.275 e. The summed E-state index contributed by atoms with van der Waals surface area (Å²) in [5.41, 5.74) is 5.07. The summed E-state index contributed by atoms with van der Waals surface area (Å²) in [7, 11) is -3.52. The van der Waals surface area contributed by atoms with Crippen LogP contribution in [0.1, 0.15) is 18.9 Å². The standard InChI is InChI=1S/C11H15ClN2O4S/c1-8(5-6-13)19(17,18)7-9-10(12)3-2-4-11(9)14(15)16/h2-4,8H,5-7,13H2,1H3. The van der Waals surface area contributed by atoms with Gasteiger partial charge in [0.05, 0.1) is 26.5 Å². The van der Waals surface area contributed by atoms with E-state index in [2.05, 4.69) is 0 Å². The lowest BCUT2D eigenvalue weighted by Gasteiger charge is -2.12. The number of sulfone groups is 1. The van der Waals surface area contributed by atoms with Crippen LogP contribution in [-0.4, -0.2) is 25.1 Å². The number of nitro benzene ring substituents is 1. The average Bonchev–Trinajstić information content (AvgIpc) is 2.31. The Morgan fingerprint density at radius 3 is 2.63 bits per heavy atom. The maximum absolute atomic E-state index is 12.1. The van der Waals surface area contributed by atoms with Crippen molar-refractivity contribution in [2.45, 2.75) is 24.3 Å². The Morgan fingerprint density at radius 1 is 1.47 bits per heavy atom. The number of hydrogen-bond donors (Lipinski definition) is 1. The van der Waals surface area contributed by atoms with Gasteiger partial charge in [-0.1, -0.05) is 17.7 Å². The Hall–Kier alpha value is -1.18. The van der Waals surface area contributed by atoms with Gasteiger partial charge in [-0.05, 0) is 26.0 Å². The molecule has 0 aliphatic heterocycles. The van der Waals surface area contributed by atoms with Crippen LogP contribution in [-0.2, 0) is 15.6 Å². The molecule has 1 aromatic rings. The Kier molecular flexibility index (Phi) is 5.28. The molecule has 0 radical (unpaired) electrons. The van der Waals surface area contributed by atoms with Gasteiger partial charge in [0.2, 0.25) is 0 Å². The van der Waals surface area contributed by atoms with Crippen molar-refractivity contribution in [3.05, 3.63) is 38.9 Å². The van der Waals surface area contributed by atoms with Crippen LogP contribution in [0.2, 0.25) is 5.02 Å². The number of halogens is 1. The van der Waals surface area contributed by atoms with Gasteiger partial charge in [0.15, 0.2) is 9.84 Å². The van der Waals surface area contributed by atoms with E-state index in [1.54, 1.807) is 0 Å². The highest BCUT2D eigenvalue weighted by atomic mass is 35.5. The van der Waals surface area contributed by atoms with Gasteiger partial charge < -0.3 is 5.73 Å². The number of nitrogens with zero attached hydrogens (tertiary/aromatic N) is 1. The average molecular weight is 307 g/mol. The van der Waals surface area contributed by atoms with Gasteiger partial charge in [-0.25, -0.2) is 8.42 Å². The predicted molar refractivity (Wildman–Crippen MR) is 73.9 cm³/mol. The molecule has 0 aliphatic carbocycles. The first-order chi connectivity index (χ1) is 8.79. The van der Waals surface area contributed by atoms with Crippen molar-refractivity contribution in [3.63, 3.8) is 0 Å². The van der Waals surface area contributed by atoms with Crippen molar-refractivity contribution >= 4 is 27.1 Å². The topological polar surface area (TPSA) is 103 Å². The van der Waals surface area contributed by atoms with Gasteiger partial charge in [0, 0.05) is 6.07 Å². The van der Waals surface area contributed by atoms with Crippen LogP contribution >= 0.6 is 11.6 Å². The number of nitrogens with two attached hydrogens (primary N) is 1. The van der Waals surface area contributed by atoms with Crippen molar-refractivity contribution < 1.29 is 13.3 Å². The van der Waals surface area contributed by atoms with Gasteiger partial charge in [-0.15, -0.1) is 0 Å².